The van der Waals surface area contributed by atoms with Gasteiger partial charge in [-0.3, -0.25) is 4.79 Å². The molecule has 0 spiro atoms. The monoisotopic (exact) mass is 388 g/mol. The molecule has 2 heterocycles. The van der Waals surface area contributed by atoms with Crippen molar-refractivity contribution in [3.63, 3.8) is 0 Å². The van der Waals surface area contributed by atoms with Crippen molar-refractivity contribution in [1.29, 1.82) is 0 Å². The maximum absolute atomic E-state index is 12.7. The second-order valence-electron chi connectivity index (χ2n) is 6.85. The highest BCUT2D eigenvalue weighted by Gasteiger charge is 2.39. The Kier molecular flexibility index (Phi) is 7.11. The Morgan fingerprint density at radius 3 is 2.32 bits per heavy atom. The number of ether oxygens (including phenoxy) is 2. The molecule has 3 rings (SSSR count). The van der Waals surface area contributed by atoms with Gasteiger partial charge in [0.05, 0.1) is 5.54 Å². The third-order valence-electron chi connectivity index (χ3n) is 5.31. The largest absolute Gasteiger partial charge is 0.381 e. The van der Waals surface area contributed by atoms with Crippen molar-refractivity contribution in [3.8, 4) is 0 Å². The van der Waals surface area contributed by atoms with Gasteiger partial charge in [0.2, 0.25) is 5.91 Å². The first-order chi connectivity index (χ1) is 11.5. The Labute approximate surface area is 160 Å². The Morgan fingerprint density at radius 2 is 1.72 bits per heavy atom. The fourth-order valence-corrected chi connectivity index (χ4v) is 3.73. The van der Waals surface area contributed by atoms with Crippen molar-refractivity contribution in [1.82, 2.24) is 5.32 Å². The molecule has 2 aliphatic rings. The Morgan fingerprint density at radius 1 is 1.12 bits per heavy atom. The van der Waals surface area contributed by atoms with Crippen LogP contribution in [0.5, 0.6) is 0 Å². The molecule has 2 fully saturated rings. The zero-order valence-electron chi connectivity index (χ0n) is 14.3. The zero-order valence-corrected chi connectivity index (χ0v) is 15.8. The van der Waals surface area contributed by atoms with Gasteiger partial charge in [-0.1, -0.05) is 23.7 Å². The summed E-state index contributed by atoms with van der Waals surface area (Å²) in [5.41, 5.74) is 6.46. The number of hydrogen-bond donors (Lipinski definition) is 2. The molecule has 25 heavy (non-hydrogen) atoms. The lowest BCUT2D eigenvalue weighted by Crippen LogP contribution is -2.59. The summed E-state index contributed by atoms with van der Waals surface area (Å²) in [6.45, 7) is 3.00. The minimum Gasteiger partial charge on any atom is -0.381 e. The number of benzene rings is 1. The predicted molar refractivity (Wildman–Crippen MR) is 100 cm³/mol. The van der Waals surface area contributed by atoms with Gasteiger partial charge in [-0.15, -0.1) is 12.4 Å². The van der Waals surface area contributed by atoms with Crippen LogP contribution >= 0.6 is 24.0 Å². The van der Waals surface area contributed by atoms with E-state index in [9.17, 15) is 4.79 Å². The van der Waals surface area contributed by atoms with Crippen molar-refractivity contribution in [2.45, 2.75) is 36.6 Å². The molecule has 7 heteroatoms. The van der Waals surface area contributed by atoms with Gasteiger partial charge in [-0.25, -0.2) is 0 Å². The average molecular weight is 389 g/mol. The van der Waals surface area contributed by atoms with E-state index in [2.05, 4.69) is 11.4 Å². The van der Waals surface area contributed by atoms with Gasteiger partial charge >= 0.3 is 0 Å². The van der Waals surface area contributed by atoms with Crippen molar-refractivity contribution < 1.29 is 14.3 Å². The quantitative estimate of drug-likeness (QED) is 0.830. The zero-order chi connectivity index (χ0) is 17.0. The lowest BCUT2D eigenvalue weighted by Gasteiger charge is -2.39. The number of hydrogen-bond acceptors (Lipinski definition) is 4. The maximum Gasteiger partial charge on any atom is 0.240 e. The lowest BCUT2D eigenvalue weighted by atomic mass is 9.74. The van der Waals surface area contributed by atoms with Crippen molar-refractivity contribution >= 4 is 29.9 Å². The van der Waals surface area contributed by atoms with E-state index in [0.717, 1.165) is 18.4 Å². The number of amides is 1. The minimum absolute atomic E-state index is 0. The van der Waals surface area contributed by atoms with E-state index in [1.165, 1.54) is 0 Å². The van der Waals surface area contributed by atoms with Crippen LogP contribution in [0.3, 0.4) is 0 Å². The van der Waals surface area contributed by atoms with Crippen LogP contribution in [0.4, 0.5) is 0 Å². The lowest BCUT2D eigenvalue weighted by molar-refractivity contribution is -0.130. The summed E-state index contributed by atoms with van der Waals surface area (Å²) in [6.07, 6.45) is 2.83. The van der Waals surface area contributed by atoms with E-state index >= 15 is 0 Å². The Balaban J connectivity index is 0.00000225. The number of carbonyl (C=O) groups is 1. The first-order valence-corrected chi connectivity index (χ1v) is 8.91. The third kappa shape index (κ3) is 4.66. The molecule has 0 radical (unpaired) electrons. The molecule has 1 amide bonds. The number of nitrogens with one attached hydrogen (secondary N) is 1. The molecule has 0 aliphatic carbocycles. The molecule has 2 saturated heterocycles. The molecular weight excluding hydrogens is 363 g/mol. The second kappa shape index (κ2) is 8.69. The van der Waals surface area contributed by atoms with E-state index in [4.69, 9.17) is 26.8 Å². The first kappa shape index (κ1) is 20.5. The molecule has 0 unspecified atom stereocenters. The minimum atomic E-state index is -0.820. The van der Waals surface area contributed by atoms with Gasteiger partial charge in [0.1, 0.15) is 0 Å². The Hall–Kier alpha value is -0.850. The van der Waals surface area contributed by atoms with Crippen LogP contribution in [0.25, 0.3) is 0 Å². The van der Waals surface area contributed by atoms with Crippen LogP contribution in [0, 0.1) is 0 Å². The summed E-state index contributed by atoms with van der Waals surface area (Å²) in [5, 5.41) is 3.82. The van der Waals surface area contributed by atoms with Crippen LogP contribution in [0.1, 0.15) is 31.2 Å². The highest BCUT2D eigenvalue weighted by molar-refractivity contribution is 6.30. The van der Waals surface area contributed by atoms with Crippen molar-refractivity contribution in [3.05, 3.63) is 34.9 Å². The summed E-state index contributed by atoms with van der Waals surface area (Å²) >= 11 is 6.18. The van der Waals surface area contributed by atoms with Crippen LogP contribution in [0.15, 0.2) is 24.3 Å². The van der Waals surface area contributed by atoms with Gasteiger partial charge in [-0.2, -0.15) is 0 Å². The van der Waals surface area contributed by atoms with E-state index in [1.807, 2.05) is 18.2 Å². The van der Waals surface area contributed by atoms with Gasteiger partial charge < -0.3 is 20.5 Å². The molecule has 1 aromatic rings. The predicted octanol–water partition coefficient (Wildman–Crippen LogP) is 2.43. The van der Waals surface area contributed by atoms with Crippen LogP contribution < -0.4 is 11.1 Å². The van der Waals surface area contributed by atoms with Gasteiger partial charge in [0.15, 0.2) is 0 Å². The SMILES string of the molecule is Cl.NC1(C(=O)NCC2(c3cccc(Cl)c3)CCOCC2)CCOCC1. The molecular formula is C18H26Cl2N2O3. The number of nitrogens with two attached hydrogens (primary N) is 1. The van der Waals surface area contributed by atoms with Crippen molar-refractivity contribution in [2.75, 3.05) is 33.0 Å². The topological polar surface area (TPSA) is 73.6 Å². The normalized spacial score (nSPS) is 21.8. The Bertz CT molecular complexity index is 585. The molecule has 0 saturated carbocycles. The smallest absolute Gasteiger partial charge is 0.240 e. The van der Waals surface area contributed by atoms with Gasteiger partial charge in [0, 0.05) is 43.4 Å². The molecule has 0 atom stereocenters. The number of halogens is 2. The summed E-state index contributed by atoms with van der Waals surface area (Å²) in [5.74, 6) is -0.0845. The first-order valence-electron chi connectivity index (χ1n) is 8.53. The van der Waals surface area contributed by atoms with Crippen LogP contribution in [-0.4, -0.2) is 44.4 Å². The highest BCUT2D eigenvalue weighted by atomic mass is 35.5. The fraction of sp³-hybridized carbons (Fsp3) is 0.611. The van der Waals surface area contributed by atoms with E-state index in [1.54, 1.807) is 0 Å². The van der Waals surface area contributed by atoms with E-state index < -0.39 is 5.54 Å². The molecule has 3 N–H and O–H groups in total. The fourth-order valence-electron chi connectivity index (χ4n) is 3.54. The second-order valence-corrected chi connectivity index (χ2v) is 7.29. The summed E-state index contributed by atoms with van der Waals surface area (Å²) in [6, 6.07) is 7.90. The van der Waals surface area contributed by atoms with Crippen molar-refractivity contribution in [2.24, 2.45) is 5.73 Å². The van der Waals surface area contributed by atoms with E-state index in [-0.39, 0.29) is 23.7 Å². The van der Waals surface area contributed by atoms with Crippen LogP contribution in [0.2, 0.25) is 5.02 Å². The third-order valence-corrected chi connectivity index (χ3v) is 5.55. The molecule has 140 valence electrons. The average Bonchev–Trinajstić information content (AvgIpc) is 2.61. The van der Waals surface area contributed by atoms with Crippen LogP contribution in [-0.2, 0) is 19.7 Å². The molecule has 5 nitrogen and oxygen atoms in total. The summed E-state index contributed by atoms with van der Waals surface area (Å²) < 4.78 is 10.9. The number of carbonyl (C=O) groups excluding carboxylic acids is 1. The summed E-state index contributed by atoms with van der Waals surface area (Å²) in [4.78, 5) is 12.7. The number of rotatable bonds is 4. The molecule has 0 bridgehead atoms. The van der Waals surface area contributed by atoms with Gasteiger partial charge in [0.25, 0.3) is 0 Å². The maximum atomic E-state index is 12.7. The standard InChI is InChI=1S/C18H25ClN2O3.ClH/c19-15-3-1-2-14(12-15)17(4-8-23-9-5-17)13-21-16(22)18(20)6-10-24-11-7-18;/h1-3,12H,4-11,13,20H2,(H,21,22);1H. The molecule has 2 aliphatic heterocycles. The molecule has 1 aromatic carbocycles. The summed E-state index contributed by atoms with van der Waals surface area (Å²) in [7, 11) is 0. The van der Waals surface area contributed by atoms with E-state index in [0.29, 0.717) is 50.8 Å². The molecule has 0 aromatic heterocycles. The highest BCUT2D eigenvalue weighted by Crippen LogP contribution is 2.35. The van der Waals surface area contributed by atoms with Gasteiger partial charge in [-0.05, 0) is 43.4 Å².